The minimum Gasteiger partial charge on any atom is -0.341 e. The van der Waals surface area contributed by atoms with Gasteiger partial charge in [0.1, 0.15) is 10.8 Å². The second-order valence-corrected chi connectivity index (χ2v) is 8.65. The van der Waals surface area contributed by atoms with Gasteiger partial charge in [-0.1, -0.05) is 18.5 Å². The van der Waals surface area contributed by atoms with E-state index in [2.05, 4.69) is 20.2 Å². The molecule has 1 aliphatic heterocycles. The van der Waals surface area contributed by atoms with Crippen molar-refractivity contribution in [1.82, 2.24) is 14.5 Å². The normalized spacial score (nSPS) is 14.0. The molecule has 0 atom stereocenters. The number of carbonyl (C=O) groups excluding carboxylic acids is 1. The summed E-state index contributed by atoms with van der Waals surface area (Å²) in [5.41, 5.74) is 2.23. The van der Waals surface area contributed by atoms with Gasteiger partial charge in [-0.25, -0.2) is 4.98 Å². The van der Waals surface area contributed by atoms with E-state index in [-0.39, 0.29) is 11.3 Å². The lowest BCUT2D eigenvalue weighted by Gasteiger charge is -2.26. The summed E-state index contributed by atoms with van der Waals surface area (Å²) in [7, 11) is 1.76. The number of rotatable bonds is 7. The molecule has 3 heterocycles. The Labute approximate surface area is 192 Å². The first kappa shape index (κ1) is 22.3. The number of Topliss-reactive ketones (excluding diaryl/α,β-unsaturated/α-hetero) is 1. The maximum atomic E-state index is 12.7. The Morgan fingerprint density at radius 1 is 1.19 bits per heavy atom. The molecule has 0 bridgehead atoms. The predicted octanol–water partition coefficient (Wildman–Crippen LogP) is 4.63. The van der Waals surface area contributed by atoms with Gasteiger partial charge < -0.3 is 14.8 Å². The molecule has 4 rings (SSSR count). The smallest absolute Gasteiger partial charge is 0.253 e. The topological polar surface area (TPSA) is 80.1 Å². The molecule has 0 radical (unpaired) electrons. The highest BCUT2D eigenvalue weighted by Gasteiger charge is 2.16. The number of hydrogen-bond donors (Lipinski definition) is 1. The van der Waals surface area contributed by atoms with Crippen molar-refractivity contribution in [1.29, 1.82) is 0 Å². The standard InChI is InChI=1S/C24H28ClN5O2/c1-3-19(31)9-7-16-13-17-14-18(8-10-21(17)29(2)23(16)32)27-22-20(25)15-26-24(28-22)30-11-5-4-6-12-30/h8,10,13-15H,3-7,9,11-12H2,1-2H3,(H,26,27,28). The number of carbonyl (C=O) groups is 1. The van der Waals surface area contributed by atoms with Gasteiger partial charge in [0.15, 0.2) is 5.82 Å². The Hall–Kier alpha value is -2.93. The number of anilines is 3. The Kier molecular flexibility index (Phi) is 6.74. The second-order valence-electron chi connectivity index (χ2n) is 8.24. The molecule has 1 saturated heterocycles. The Balaban J connectivity index is 1.63. The van der Waals surface area contributed by atoms with Gasteiger partial charge in [-0.15, -0.1) is 0 Å². The number of halogens is 1. The zero-order valence-corrected chi connectivity index (χ0v) is 19.3. The molecule has 0 aliphatic carbocycles. The van der Waals surface area contributed by atoms with Crippen LogP contribution in [0.5, 0.6) is 0 Å². The van der Waals surface area contributed by atoms with Gasteiger partial charge in [0.2, 0.25) is 5.95 Å². The highest BCUT2D eigenvalue weighted by atomic mass is 35.5. The summed E-state index contributed by atoms with van der Waals surface area (Å²) in [4.78, 5) is 35.7. The van der Waals surface area contributed by atoms with Gasteiger partial charge in [-0.3, -0.25) is 9.59 Å². The van der Waals surface area contributed by atoms with Crippen molar-refractivity contribution in [2.24, 2.45) is 7.05 Å². The molecule has 0 spiro atoms. The van der Waals surface area contributed by atoms with E-state index in [1.807, 2.05) is 31.2 Å². The molecular formula is C24H28ClN5O2. The average molecular weight is 454 g/mol. The highest BCUT2D eigenvalue weighted by molar-refractivity contribution is 6.32. The van der Waals surface area contributed by atoms with Crippen molar-refractivity contribution in [3.8, 4) is 0 Å². The first-order valence-corrected chi connectivity index (χ1v) is 11.5. The van der Waals surface area contributed by atoms with Crippen molar-refractivity contribution < 1.29 is 4.79 Å². The molecule has 7 nitrogen and oxygen atoms in total. The fraction of sp³-hybridized carbons (Fsp3) is 0.417. The van der Waals surface area contributed by atoms with E-state index in [1.165, 1.54) is 6.42 Å². The number of pyridine rings is 1. The average Bonchev–Trinajstić information content (AvgIpc) is 2.82. The monoisotopic (exact) mass is 453 g/mol. The van der Waals surface area contributed by atoms with Crippen LogP contribution < -0.4 is 15.8 Å². The minimum atomic E-state index is -0.0628. The van der Waals surface area contributed by atoms with Crippen LogP contribution in [0.15, 0.2) is 35.3 Å². The summed E-state index contributed by atoms with van der Waals surface area (Å²) in [6.07, 6.45) is 6.47. The van der Waals surface area contributed by atoms with Gasteiger partial charge in [0, 0.05) is 49.6 Å². The molecule has 0 amide bonds. The van der Waals surface area contributed by atoms with Crippen LogP contribution in [0.25, 0.3) is 10.9 Å². The van der Waals surface area contributed by atoms with Crippen LogP contribution in [0.2, 0.25) is 5.02 Å². The van der Waals surface area contributed by atoms with Crippen molar-refractivity contribution >= 4 is 45.7 Å². The maximum Gasteiger partial charge on any atom is 0.253 e. The molecule has 1 aromatic carbocycles. The van der Waals surface area contributed by atoms with Crippen LogP contribution in [-0.2, 0) is 18.3 Å². The number of piperidine rings is 1. The van der Waals surface area contributed by atoms with E-state index in [4.69, 9.17) is 11.6 Å². The van der Waals surface area contributed by atoms with Gasteiger partial charge in [-0.05, 0) is 49.9 Å². The van der Waals surface area contributed by atoms with Gasteiger partial charge in [0.05, 0.1) is 11.7 Å². The van der Waals surface area contributed by atoms with Crippen LogP contribution in [0.4, 0.5) is 17.5 Å². The highest BCUT2D eigenvalue weighted by Crippen LogP contribution is 2.28. The summed E-state index contributed by atoms with van der Waals surface area (Å²) in [5.74, 6) is 1.40. The lowest BCUT2D eigenvalue weighted by atomic mass is 10.0. The molecule has 3 aromatic rings. The Bertz CT molecular complexity index is 1200. The van der Waals surface area contributed by atoms with Crippen molar-refractivity contribution in [2.45, 2.75) is 45.4 Å². The summed E-state index contributed by atoms with van der Waals surface area (Å²) < 4.78 is 1.64. The molecule has 8 heteroatoms. The van der Waals surface area contributed by atoms with E-state index < -0.39 is 0 Å². The zero-order valence-electron chi connectivity index (χ0n) is 18.5. The third-order valence-electron chi connectivity index (χ3n) is 6.00. The quantitative estimate of drug-likeness (QED) is 0.562. The third-order valence-corrected chi connectivity index (χ3v) is 6.28. The van der Waals surface area contributed by atoms with E-state index in [9.17, 15) is 9.59 Å². The van der Waals surface area contributed by atoms with E-state index >= 15 is 0 Å². The van der Waals surface area contributed by atoms with Crippen molar-refractivity contribution in [3.63, 3.8) is 0 Å². The van der Waals surface area contributed by atoms with Gasteiger partial charge in [0.25, 0.3) is 5.56 Å². The van der Waals surface area contributed by atoms with Crippen LogP contribution in [0.3, 0.4) is 0 Å². The number of fused-ring (bicyclic) bond motifs is 1. The van der Waals surface area contributed by atoms with E-state index in [1.54, 1.807) is 17.8 Å². The van der Waals surface area contributed by atoms with Crippen LogP contribution in [-0.4, -0.2) is 33.4 Å². The second kappa shape index (κ2) is 9.69. The summed E-state index contributed by atoms with van der Waals surface area (Å²) in [5, 5.41) is 4.67. The number of hydrogen-bond acceptors (Lipinski definition) is 6. The molecule has 32 heavy (non-hydrogen) atoms. The maximum absolute atomic E-state index is 12.7. The number of nitrogens with one attached hydrogen (secondary N) is 1. The first-order chi connectivity index (χ1) is 15.5. The summed E-state index contributed by atoms with van der Waals surface area (Å²) in [6.45, 7) is 3.75. The Morgan fingerprint density at radius 2 is 1.97 bits per heavy atom. The molecule has 0 unspecified atom stereocenters. The lowest BCUT2D eigenvalue weighted by molar-refractivity contribution is -0.118. The lowest BCUT2D eigenvalue weighted by Crippen LogP contribution is -2.31. The fourth-order valence-corrected chi connectivity index (χ4v) is 4.22. The molecule has 1 fully saturated rings. The number of aromatic nitrogens is 3. The molecule has 0 saturated carbocycles. The molecule has 168 valence electrons. The summed E-state index contributed by atoms with van der Waals surface area (Å²) >= 11 is 6.38. The molecule has 1 N–H and O–H groups in total. The third kappa shape index (κ3) is 4.78. The SMILES string of the molecule is CCC(=O)CCc1cc2cc(Nc3nc(N4CCCCC4)ncc3Cl)ccc2n(C)c1=O. The number of benzene rings is 1. The van der Waals surface area contributed by atoms with E-state index in [0.717, 1.165) is 42.5 Å². The fourth-order valence-electron chi connectivity index (χ4n) is 4.09. The van der Waals surface area contributed by atoms with Crippen LogP contribution in [0.1, 0.15) is 44.6 Å². The Morgan fingerprint density at radius 3 is 2.72 bits per heavy atom. The van der Waals surface area contributed by atoms with Crippen LogP contribution in [0, 0.1) is 0 Å². The summed E-state index contributed by atoms with van der Waals surface area (Å²) in [6, 6.07) is 7.66. The van der Waals surface area contributed by atoms with Gasteiger partial charge >= 0.3 is 0 Å². The predicted molar refractivity (Wildman–Crippen MR) is 129 cm³/mol. The minimum absolute atomic E-state index is 0.0628. The van der Waals surface area contributed by atoms with Crippen molar-refractivity contribution in [2.75, 3.05) is 23.3 Å². The molecular weight excluding hydrogens is 426 g/mol. The number of aryl methyl sites for hydroxylation is 2. The molecule has 1 aliphatic rings. The van der Waals surface area contributed by atoms with Crippen LogP contribution >= 0.6 is 11.6 Å². The van der Waals surface area contributed by atoms with E-state index in [0.29, 0.717) is 41.6 Å². The van der Waals surface area contributed by atoms with Crippen molar-refractivity contribution in [3.05, 3.63) is 51.4 Å². The number of nitrogens with zero attached hydrogens (tertiary/aromatic N) is 4. The molecule has 2 aromatic heterocycles. The number of ketones is 1. The van der Waals surface area contributed by atoms with Gasteiger partial charge in [-0.2, -0.15) is 4.98 Å². The zero-order chi connectivity index (χ0) is 22.7. The largest absolute Gasteiger partial charge is 0.341 e. The first-order valence-electron chi connectivity index (χ1n) is 11.1.